The van der Waals surface area contributed by atoms with E-state index in [2.05, 4.69) is 31.9 Å². The average Bonchev–Trinajstić information content (AvgIpc) is 2.62. The van der Waals surface area contributed by atoms with Crippen LogP contribution in [0.25, 0.3) is 0 Å². The SMILES string of the molecule is O=C1CC(Br)(Br)C1c1ccc2c(c1)OCO2. The molecule has 1 heterocycles. The van der Waals surface area contributed by atoms with Crippen molar-refractivity contribution in [1.82, 2.24) is 0 Å². The first-order valence-corrected chi connectivity index (χ1v) is 6.46. The molecule has 1 aliphatic carbocycles. The molecule has 1 atom stereocenters. The van der Waals surface area contributed by atoms with Gasteiger partial charge in [-0.3, -0.25) is 4.79 Å². The predicted octanol–water partition coefficient (Wildman–Crippen LogP) is 2.96. The minimum Gasteiger partial charge on any atom is -0.454 e. The normalized spacial score (nSPS) is 25.4. The molecule has 3 nitrogen and oxygen atoms in total. The van der Waals surface area contributed by atoms with E-state index in [-0.39, 0.29) is 21.7 Å². The van der Waals surface area contributed by atoms with Gasteiger partial charge in [-0.15, -0.1) is 0 Å². The number of carbonyl (C=O) groups is 1. The van der Waals surface area contributed by atoms with Crippen LogP contribution in [0.4, 0.5) is 0 Å². The summed E-state index contributed by atoms with van der Waals surface area (Å²) in [6.07, 6.45) is 0.506. The van der Waals surface area contributed by atoms with Crippen LogP contribution in [-0.2, 0) is 4.79 Å². The number of ketones is 1. The fourth-order valence-corrected chi connectivity index (χ4v) is 3.66. The fraction of sp³-hybridized carbons (Fsp3) is 0.364. The second kappa shape index (κ2) is 3.47. The van der Waals surface area contributed by atoms with E-state index >= 15 is 0 Å². The number of rotatable bonds is 1. The summed E-state index contributed by atoms with van der Waals surface area (Å²) in [6, 6.07) is 5.63. The molecule has 0 N–H and O–H groups in total. The van der Waals surface area contributed by atoms with Crippen LogP contribution in [0, 0.1) is 0 Å². The molecule has 0 radical (unpaired) electrons. The molecule has 1 unspecified atom stereocenters. The van der Waals surface area contributed by atoms with E-state index in [9.17, 15) is 4.79 Å². The van der Waals surface area contributed by atoms with Crippen molar-refractivity contribution in [3.63, 3.8) is 0 Å². The molecule has 0 saturated heterocycles. The molecule has 1 aromatic carbocycles. The summed E-state index contributed by atoms with van der Waals surface area (Å²) < 4.78 is 10.2. The number of benzene rings is 1. The Kier molecular flexibility index (Phi) is 2.30. The molecule has 1 aliphatic heterocycles. The zero-order chi connectivity index (χ0) is 11.3. The van der Waals surface area contributed by atoms with E-state index in [1.165, 1.54) is 0 Å². The van der Waals surface area contributed by atoms with Crippen LogP contribution >= 0.6 is 31.9 Å². The summed E-state index contributed by atoms with van der Waals surface area (Å²) in [6.45, 7) is 0.255. The maximum absolute atomic E-state index is 11.6. The van der Waals surface area contributed by atoms with Gasteiger partial charge in [0.2, 0.25) is 6.79 Å². The number of hydrogen-bond donors (Lipinski definition) is 0. The molecule has 16 heavy (non-hydrogen) atoms. The van der Waals surface area contributed by atoms with Gasteiger partial charge in [0.05, 0.1) is 5.92 Å². The second-order valence-electron chi connectivity index (χ2n) is 3.95. The van der Waals surface area contributed by atoms with Crippen molar-refractivity contribution in [1.29, 1.82) is 0 Å². The molecule has 3 rings (SSSR count). The van der Waals surface area contributed by atoms with Crippen molar-refractivity contribution in [2.75, 3.05) is 6.79 Å². The lowest BCUT2D eigenvalue weighted by atomic mass is 9.78. The Hall–Kier alpha value is -0.550. The molecule has 0 bridgehead atoms. The zero-order valence-electron chi connectivity index (χ0n) is 8.20. The molecular weight excluding hydrogens is 340 g/mol. The van der Waals surface area contributed by atoms with Gasteiger partial charge in [0.25, 0.3) is 0 Å². The van der Waals surface area contributed by atoms with Gasteiger partial charge < -0.3 is 9.47 Å². The fourth-order valence-electron chi connectivity index (χ4n) is 2.06. The Balaban J connectivity index is 1.98. The average molecular weight is 348 g/mol. The lowest BCUT2D eigenvalue weighted by Gasteiger charge is -2.39. The van der Waals surface area contributed by atoms with Crippen molar-refractivity contribution in [3.8, 4) is 11.5 Å². The van der Waals surface area contributed by atoms with E-state index in [0.717, 1.165) is 11.3 Å². The second-order valence-corrected chi connectivity index (χ2v) is 7.84. The van der Waals surface area contributed by atoms with Crippen LogP contribution < -0.4 is 9.47 Å². The summed E-state index contributed by atoms with van der Waals surface area (Å²) in [5.74, 6) is 1.54. The molecule has 2 aliphatic rings. The lowest BCUT2D eigenvalue weighted by Crippen LogP contribution is -2.43. The number of alkyl halides is 2. The highest BCUT2D eigenvalue weighted by Crippen LogP contribution is 2.54. The third-order valence-corrected chi connectivity index (χ3v) is 4.36. The third kappa shape index (κ3) is 1.49. The van der Waals surface area contributed by atoms with Crippen LogP contribution in [0.1, 0.15) is 17.9 Å². The Morgan fingerprint density at radius 3 is 2.69 bits per heavy atom. The molecule has 5 heteroatoms. The van der Waals surface area contributed by atoms with E-state index in [1.54, 1.807) is 0 Å². The van der Waals surface area contributed by atoms with Gasteiger partial charge in [0.1, 0.15) is 9.02 Å². The van der Waals surface area contributed by atoms with Crippen LogP contribution in [-0.4, -0.2) is 15.8 Å². The van der Waals surface area contributed by atoms with Crippen LogP contribution in [0.2, 0.25) is 0 Å². The van der Waals surface area contributed by atoms with Gasteiger partial charge in [-0.2, -0.15) is 0 Å². The van der Waals surface area contributed by atoms with Crippen LogP contribution in [0.15, 0.2) is 18.2 Å². The topological polar surface area (TPSA) is 35.5 Å². The Bertz CT molecular complexity index is 470. The Morgan fingerprint density at radius 2 is 2.00 bits per heavy atom. The first-order chi connectivity index (χ1) is 7.58. The number of hydrogen-bond acceptors (Lipinski definition) is 3. The number of fused-ring (bicyclic) bond motifs is 1. The van der Waals surface area contributed by atoms with E-state index < -0.39 is 0 Å². The third-order valence-electron chi connectivity index (χ3n) is 2.88. The van der Waals surface area contributed by atoms with Crippen LogP contribution in [0.5, 0.6) is 11.5 Å². The first-order valence-electron chi connectivity index (χ1n) is 4.88. The number of ether oxygens (including phenoxy) is 2. The molecule has 0 spiro atoms. The quantitative estimate of drug-likeness (QED) is 0.733. The highest BCUT2D eigenvalue weighted by Gasteiger charge is 2.51. The number of carbonyl (C=O) groups excluding carboxylic acids is 1. The van der Waals surface area contributed by atoms with E-state index in [1.807, 2.05) is 18.2 Å². The monoisotopic (exact) mass is 346 g/mol. The minimum atomic E-state index is -0.301. The Morgan fingerprint density at radius 1 is 1.25 bits per heavy atom. The maximum Gasteiger partial charge on any atom is 0.231 e. The summed E-state index contributed by atoms with van der Waals surface area (Å²) >= 11 is 7.02. The summed E-state index contributed by atoms with van der Waals surface area (Å²) in [5, 5.41) is 0. The van der Waals surface area contributed by atoms with Crippen LogP contribution in [0.3, 0.4) is 0 Å². The summed E-state index contributed by atoms with van der Waals surface area (Å²) in [7, 11) is 0. The summed E-state index contributed by atoms with van der Waals surface area (Å²) in [4.78, 5) is 11.6. The van der Waals surface area contributed by atoms with Gasteiger partial charge in [0.15, 0.2) is 11.5 Å². The van der Waals surface area contributed by atoms with Crippen molar-refractivity contribution in [2.24, 2.45) is 0 Å². The molecule has 0 amide bonds. The van der Waals surface area contributed by atoms with Gasteiger partial charge in [-0.25, -0.2) is 0 Å². The van der Waals surface area contributed by atoms with Gasteiger partial charge in [-0.1, -0.05) is 37.9 Å². The zero-order valence-corrected chi connectivity index (χ0v) is 11.4. The molecule has 1 aromatic rings. The Labute approximate surface area is 109 Å². The highest BCUT2D eigenvalue weighted by atomic mass is 79.9. The lowest BCUT2D eigenvalue weighted by molar-refractivity contribution is -0.125. The van der Waals surface area contributed by atoms with Gasteiger partial charge >= 0.3 is 0 Å². The van der Waals surface area contributed by atoms with Crippen molar-refractivity contribution < 1.29 is 14.3 Å². The predicted molar refractivity (Wildman–Crippen MR) is 65.5 cm³/mol. The maximum atomic E-state index is 11.6. The van der Waals surface area contributed by atoms with Crippen molar-refractivity contribution >= 4 is 37.6 Å². The number of Topliss-reactive ketones (excluding diaryl/α,β-unsaturated/α-hetero) is 1. The van der Waals surface area contributed by atoms with Gasteiger partial charge in [0, 0.05) is 6.42 Å². The van der Waals surface area contributed by atoms with E-state index in [4.69, 9.17) is 9.47 Å². The standard InChI is InChI=1S/C11H8Br2O3/c12-11(13)4-7(14)10(11)6-1-2-8-9(3-6)16-5-15-8/h1-3,10H,4-5H2. The van der Waals surface area contributed by atoms with Gasteiger partial charge in [-0.05, 0) is 17.7 Å². The first kappa shape index (κ1) is 10.6. The highest BCUT2D eigenvalue weighted by molar-refractivity contribution is 9.25. The number of halogens is 2. The molecule has 84 valence electrons. The minimum absolute atomic E-state index is 0.151. The smallest absolute Gasteiger partial charge is 0.231 e. The molecule has 0 aromatic heterocycles. The molecule has 1 saturated carbocycles. The molecular formula is C11H8Br2O3. The summed E-state index contributed by atoms with van der Waals surface area (Å²) in [5.41, 5.74) is 0.953. The largest absolute Gasteiger partial charge is 0.454 e. The molecule has 1 fully saturated rings. The van der Waals surface area contributed by atoms with Crippen molar-refractivity contribution in [3.05, 3.63) is 23.8 Å². The van der Waals surface area contributed by atoms with Crippen molar-refractivity contribution in [2.45, 2.75) is 15.6 Å². The van der Waals surface area contributed by atoms with E-state index in [0.29, 0.717) is 12.2 Å².